The van der Waals surface area contributed by atoms with Gasteiger partial charge in [-0.3, -0.25) is 5.10 Å². The Kier molecular flexibility index (Phi) is 4.90. The van der Waals surface area contributed by atoms with Crippen molar-refractivity contribution in [1.82, 2.24) is 15.2 Å². The van der Waals surface area contributed by atoms with E-state index in [1.807, 2.05) is 24.3 Å². The maximum absolute atomic E-state index is 5.46. The van der Waals surface area contributed by atoms with E-state index in [9.17, 15) is 0 Å². The van der Waals surface area contributed by atoms with Crippen molar-refractivity contribution in [3.8, 4) is 11.4 Å². The summed E-state index contributed by atoms with van der Waals surface area (Å²) in [5, 5.41) is 7.24. The van der Waals surface area contributed by atoms with Crippen LogP contribution in [-0.4, -0.2) is 21.7 Å². The Hall–Kier alpha value is -1.20. The number of nitrogens with two attached hydrogens (primary N) is 1. The smallest absolute Gasteiger partial charge is 0.181 e. The zero-order valence-corrected chi connectivity index (χ0v) is 11.8. The molecule has 0 unspecified atom stereocenters. The lowest BCUT2D eigenvalue weighted by atomic mass is 10.2. The van der Waals surface area contributed by atoms with Gasteiger partial charge in [0.25, 0.3) is 0 Å². The summed E-state index contributed by atoms with van der Waals surface area (Å²) in [7, 11) is 0. The first kappa shape index (κ1) is 13.2. The summed E-state index contributed by atoms with van der Waals surface area (Å²) in [6, 6.07) is 7.99. The van der Waals surface area contributed by atoms with Gasteiger partial charge in [0.1, 0.15) is 5.82 Å². The molecular weight excluding hydrogens is 292 g/mol. The Morgan fingerprint density at radius 1 is 1.22 bits per heavy atom. The number of aryl methyl sites for hydroxylation is 1. The molecule has 0 saturated carbocycles. The molecule has 0 atom stereocenters. The van der Waals surface area contributed by atoms with Crippen LogP contribution in [0.3, 0.4) is 0 Å². The van der Waals surface area contributed by atoms with Crippen molar-refractivity contribution in [3.63, 3.8) is 0 Å². The summed E-state index contributed by atoms with van der Waals surface area (Å²) >= 11 is 3.45. The molecule has 0 fully saturated rings. The number of rotatable bonds is 6. The summed E-state index contributed by atoms with van der Waals surface area (Å²) < 4.78 is 1.04. The predicted octanol–water partition coefficient (Wildman–Crippen LogP) is 2.91. The third-order valence-corrected chi connectivity index (χ3v) is 3.23. The summed E-state index contributed by atoms with van der Waals surface area (Å²) in [4.78, 5) is 4.50. The molecule has 0 amide bonds. The molecule has 1 heterocycles. The lowest BCUT2D eigenvalue weighted by Gasteiger charge is -1.96. The highest BCUT2D eigenvalue weighted by molar-refractivity contribution is 9.10. The van der Waals surface area contributed by atoms with Gasteiger partial charge in [-0.25, -0.2) is 4.98 Å². The van der Waals surface area contributed by atoms with Crippen molar-refractivity contribution in [3.05, 3.63) is 34.6 Å². The topological polar surface area (TPSA) is 67.6 Å². The highest BCUT2D eigenvalue weighted by Crippen LogP contribution is 2.19. The summed E-state index contributed by atoms with van der Waals surface area (Å²) in [5.41, 5.74) is 6.48. The lowest BCUT2D eigenvalue weighted by molar-refractivity contribution is 0.670. The first-order valence-electron chi connectivity index (χ1n) is 6.17. The number of nitrogens with zero attached hydrogens (tertiary/aromatic N) is 2. The summed E-state index contributed by atoms with van der Waals surface area (Å²) in [5.74, 6) is 1.70. The van der Waals surface area contributed by atoms with Gasteiger partial charge in [0.2, 0.25) is 0 Å². The molecule has 0 radical (unpaired) electrons. The second-order valence-corrected chi connectivity index (χ2v) is 5.13. The second kappa shape index (κ2) is 6.66. The fraction of sp³-hybridized carbons (Fsp3) is 0.385. The van der Waals surface area contributed by atoms with E-state index in [0.29, 0.717) is 0 Å². The Morgan fingerprint density at radius 3 is 2.89 bits per heavy atom. The number of aromatic amines is 1. The van der Waals surface area contributed by atoms with E-state index in [4.69, 9.17) is 5.73 Å². The number of benzene rings is 1. The highest BCUT2D eigenvalue weighted by atomic mass is 79.9. The van der Waals surface area contributed by atoms with Gasteiger partial charge in [-0.15, -0.1) is 0 Å². The largest absolute Gasteiger partial charge is 0.330 e. The Morgan fingerprint density at radius 2 is 2.11 bits per heavy atom. The van der Waals surface area contributed by atoms with Crippen LogP contribution in [0.15, 0.2) is 28.7 Å². The molecule has 0 aliphatic heterocycles. The molecule has 1 aromatic carbocycles. The SMILES string of the molecule is NCCCCCc1nc(-c2cccc(Br)c2)n[nH]1. The molecule has 0 aliphatic rings. The van der Waals surface area contributed by atoms with Crippen LogP contribution in [-0.2, 0) is 6.42 Å². The molecule has 4 nitrogen and oxygen atoms in total. The molecule has 18 heavy (non-hydrogen) atoms. The Bertz CT molecular complexity index is 495. The first-order valence-corrected chi connectivity index (χ1v) is 6.96. The average molecular weight is 309 g/mol. The van der Waals surface area contributed by atoms with Gasteiger partial charge in [-0.05, 0) is 31.5 Å². The Labute approximate surface area is 115 Å². The number of hydrogen-bond donors (Lipinski definition) is 2. The van der Waals surface area contributed by atoms with E-state index in [2.05, 4.69) is 31.1 Å². The normalized spacial score (nSPS) is 10.8. The van der Waals surface area contributed by atoms with E-state index in [1.54, 1.807) is 0 Å². The fourth-order valence-electron chi connectivity index (χ4n) is 1.78. The van der Waals surface area contributed by atoms with Crippen molar-refractivity contribution in [2.45, 2.75) is 25.7 Å². The minimum atomic E-state index is 0.755. The maximum Gasteiger partial charge on any atom is 0.181 e. The molecule has 2 rings (SSSR count). The van der Waals surface area contributed by atoms with Crippen LogP contribution in [0.25, 0.3) is 11.4 Å². The van der Waals surface area contributed by atoms with Gasteiger partial charge in [-0.1, -0.05) is 34.5 Å². The number of hydrogen-bond acceptors (Lipinski definition) is 3. The fourth-order valence-corrected chi connectivity index (χ4v) is 2.18. The standard InChI is InChI=1S/C13H17BrN4/c14-11-6-4-5-10(9-11)13-16-12(17-18-13)7-2-1-3-8-15/h4-6,9H,1-3,7-8,15H2,(H,16,17,18). The van der Waals surface area contributed by atoms with E-state index < -0.39 is 0 Å². The van der Waals surface area contributed by atoms with Crippen LogP contribution < -0.4 is 5.73 Å². The molecule has 0 aliphatic carbocycles. The van der Waals surface area contributed by atoms with Crippen LogP contribution >= 0.6 is 15.9 Å². The third kappa shape index (κ3) is 3.65. The van der Waals surface area contributed by atoms with Crippen LogP contribution in [0.2, 0.25) is 0 Å². The molecule has 3 N–H and O–H groups in total. The number of aromatic nitrogens is 3. The van der Waals surface area contributed by atoms with Crippen molar-refractivity contribution in [1.29, 1.82) is 0 Å². The summed E-state index contributed by atoms with van der Waals surface area (Å²) in [6.07, 6.45) is 4.25. The average Bonchev–Trinajstić information content (AvgIpc) is 2.83. The van der Waals surface area contributed by atoms with Gasteiger partial charge >= 0.3 is 0 Å². The van der Waals surface area contributed by atoms with Crippen LogP contribution in [0.5, 0.6) is 0 Å². The van der Waals surface area contributed by atoms with E-state index in [1.165, 1.54) is 0 Å². The maximum atomic E-state index is 5.46. The van der Waals surface area contributed by atoms with Crippen molar-refractivity contribution < 1.29 is 0 Å². The van der Waals surface area contributed by atoms with Crippen LogP contribution in [0, 0.1) is 0 Å². The molecule has 5 heteroatoms. The van der Waals surface area contributed by atoms with Gasteiger partial charge < -0.3 is 5.73 Å². The third-order valence-electron chi connectivity index (χ3n) is 2.73. The second-order valence-electron chi connectivity index (χ2n) is 4.22. The minimum absolute atomic E-state index is 0.755. The van der Waals surface area contributed by atoms with Gasteiger partial charge in [0.05, 0.1) is 0 Å². The quantitative estimate of drug-likeness (QED) is 0.806. The molecule has 96 valence electrons. The molecular formula is C13H17BrN4. The molecule has 0 bridgehead atoms. The van der Waals surface area contributed by atoms with Crippen molar-refractivity contribution in [2.24, 2.45) is 5.73 Å². The highest BCUT2D eigenvalue weighted by Gasteiger charge is 2.05. The minimum Gasteiger partial charge on any atom is -0.330 e. The lowest BCUT2D eigenvalue weighted by Crippen LogP contribution is -1.98. The van der Waals surface area contributed by atoms with Crippen molar-refractivity contribution >= 4 is 15.9 Å². The van der Waals surface area contributed by atoms with E-state index >= 15 is 0 Å². The van der Waals surface area contributed by atoms with Crippen LogP contribution in [0.1, 0.15) is 25.1 Å². The summed E-state index contributed by atoms with van der Waals surface area (Å²) in [6.45, 7) is 0.764. The number of halogens is 1. The first-order chi connectivity index (χ1) is 8.79. The molecule has 2 aromatic rings. The van der Waals surface area contributed by atoms with E-state index in [-0.39, 0.29) is 0 Å². The molecule has 0 spiro atoms. The van der Waals surface area contributed by atoms with Gasteiger partial charge in [-0.2, -0.15) is 5.10 Å². The van der Waals surface area contributed by atoms with E-state index in [0.717, 1.165) is 53.9 Å². The van der Waals surface area contributed by atoms with Crippen LogP contribution in [0.4, 0.5) is 0 Å². The number of nitrogens with one attached hydrogen (secondary N) is 1. The van der Waals surface area contributed by atoms with Gasteiger partial charge in [0, 0.05) is 16.5 Å². The Balaban J connectivity index is 1.97. The molecule has 0 saturated heterocycles. The number of unbranched alkanes of at least 4 members (excludes halogenated alkanes) is 2. The monoisotopic (exact) mass is 308 g/mol. The van der Waals surface area contributed by atoms with Crippen molar-refractivity contribution in [2.75, 3.05) is 6.54 Å². The zero-order chi connectivity index (χ0) is 12.8. The molecule has 1 aromatic heterocycles. The zero-order valence-electron chi connectivity index (χ0n) is 10.2. The predicted molar refractivity (Wildman–Crippen MR) is 76.1 cm³/mol. The number of H-pyrrole nitrogens is 1. The van der Waals surface area contributed by atoms with Gasteiger partial charge in [0.15, 0.2) is 5.82 Å².